The van der Waals surface area contributed by atoms with Crippen LogP contribution in [0.15, 0.2) is 65.8 Å². The summed E-state index contributed by atoms with van der Waals surface area (Å²) >= 11 is 0. The van der Waals surface area contributed by atoms with Crippen molar-refractivity contribution in [3.8, 4) is 0 Å². The first-order valence-corrected chi connectivity index (χ1v) is 13.3. The molecular formula is C25H34N2O5Si. The van der Waals surface area contributed by atoms with Gasteiger partial charge in [0.2, 0.25) is 0 Å². The molecule has 0 fully saturated rings. The molecule has 1 unspecified atom stereocenters. The molecule has 1 aliphatic heterocycles. The summed E-state index contributed by atoms with van der Waals surface area (Å²) in [6.07, 6.45) is 0.995. The Kier molecular flexibility index (Phi) is 7.59. The maximum absolute atomic E-state index is 10.5. The lowest BCUT2D eigenvalue weighted by molar-refractivity contribution is -0.759. The predicted molar refractivity (Wildman–Crippen MR) is 132 cm³/mol. The highest BCUT2D eigenvalue weighted by atomic mass is 28.4. The van der Waals surface area contributed by atoms with E-state index in [1.807, 2.05) is 26.0 Å². The van der Waals surface area contributed by atoms with Gasteiger partial charge in [-0.1, -0.05) is 100 Å². The summed E-state index contributed by atoms with van der Waals surface area (Å²) in [5.41, 5.74) is 0.443. The van der Waals surface area contributed by atoms with Crippen molar-refractivity contribution in [2.45, 2.75) is 58.6 Å². The van der Waals surface area contributed by atoms with E-state index < -0.39 is 24.9 Å². The molecule has 0 radical (unpaired) electrons. The van der Waals surface area contributed by atoms with Crippen molar-refractivity contribution in [3.05, 3.63) is 70.8 Å². The summed E-state index contributed by atoms with van der Waals surface area (Å²) in [4.78, 5) is 20.5. The largest absolute Gasteiger partial charge is 0.407 e. The molecule has 1 aliphatic rings. The molecule has 0 amide bonds. The highest BCUT2D eigenvalue weighted by Crippen LogP contribution is 2.37. The molecule has 2 aromatic carbocycles. The van der Waals surface area contributed by atoms with Crippen LogP contribution in [0.4, 0.5) is 0 Å². The van der Waals surface area contributed by atoms with Crippen LogP contribution in [0.5, 0.6) is 0 Å². The first kappa shape index (κ1) is 24.9. The van der Waals surface area contributed by atoms with Crippen molar-refractivity contribution in [1.29, 1.82) is 0 Å². The highest BCUT2D eigenvalue weighted by Gasteiger charge is 2.50. The first-order chi connectivity index (χ1) is 15.6. The number of benzene rings is 2. The molecular weight excluding hydrogens is 436 g/mol. The van der Waals surface area contributed by atoms with Gasteiger partial charge in [-0.25, -0.2) is 0 Å². The molecule has 0 saturated carbocycles. The summed E-state index contributed by atoms with van der Waals surface area (Å²) in [7, 11) is -2.57. The standard InChI is InChI=1S/C25H34N2O5Si/c1-24(2,3)33(20-13-8-6-9-14-20,21-15-10-7-11-16-21)31-18-12-17-22-25(4,5)23(32-26-22)19-30-27(28)29/h6-11,13-16,23H,12,17-19H2,1-5H3. The van der Waals surface area contributed by atoms with Crippen LogP contribution in [0.2, 0.25) is 5.04 Å². The zero-order chi connectivity index (χ0) is 24.1. The molecule has 0 N–H and O–H groups in total. The molecule has 0 spiro atoms. The van der Waals surface area contributed by atoms with Crippen LogP contribution in [-0.2, 0) is 14.1 Å². The molecule has 0 bridgehead atoms. The van der Waals surface area contributed by atoms with Gasteiger partial charge in [-0.2, -0.15) is 0 Å². The van der Waals surface area contributed by atoms with Crippen molar-refractivity contribution in [1.82, 2.24) is 0 Å². The summed E-state index contributed by atoms with van der Waals surface area (Å²) in [5.74, 6) is 0. The molecule has 8 heteroatoms. The lowest BCUT2D eigenvalue weighted by Crippen LogP contribution is -2.66. The third-order valence-electron chi connectivity index (χ3n) is 6.46. The van der Waals surface area contributed by atoms with Crippen molar-refractivity contribution in [3.63, 3.8) is 0 Å². The maximum Gasteiger partial charge on any atom is 0.294 e. The molecule has 7 nitrogen and oxygen atoms in total. The quantitative estimate of drug-likeness (QED) is 0.223. The van der Waals surface area contributed by atoms with E-state index in [2.05, 4.69) is 79.3 Å². The molecule has 0 aliphatic carbocycles. The van der Waals surface area contributed by atoms with Crippen LogP contribution in [-0.4, -0.2) is 38.4 Å². The number of hydrogen-bond acceptors (Lipinski definition) is 6. The highest BCUT2D eigenvalue weighted by molar-refractivity contribution is 6.99. The van der Waals surface area contributed by atoms with Gasteiger partial charge in [0.05, 0.1) is 5.71 Å². The number of rotatable bonds is 10. The molecule has 1 atom stereocenters. The Labute approximate surface area is 197 Å². The van der Waals surface area contributed by atoms with E-state index in [1.54, 1.807) is 0 Å². The lowest BCUT2D eigenvalue weighted by Gasteiger charge is -2.43. The zero-order valence-electron chi connectivity index (χ0n) is 20.1. The second-order valence-electron chi connectivity index (χ2n) is 9.99. The minimum Gasteiger partial charge on any atom is -0.407 e. The normalized spacial score (nSPS) is 17.8. The van der Waals surface area contributed by atoms with E-state index in [-0.39, 0.29) is 11.6 Å². The Morgan fingerprint density at radius 1 is 1.06 bits per heavy atom. The Balaban J connectivity index is 1.75. The average Bonchev–Trinajstić information content (AvgIpc) is 3.05. The van der Waals surface area contributed by atoms with E-state index in [9.17, 15) is 10.1 Å². The van der Waals surface area contributed by atoms with E-state index in [4.69, 9.17) is 9.26 Å². The van der Waals surface area contributed by atoms with Gasteiger partial charge >= 0.3 is 0 Å². The fourth-order valence-electron chi connectivity index (χ4n) is 4.52. The van der Waals surface area contributed by atoms with Gasteiger partial charge < -0.3 is 14.1 Å². The van der Waals surface area contributed by atoms with E-state index >= 15 is 0 Å². The van der Waals surface area contributed by atoms with Crippen LogP contribution < -0.4 is 10.4 Å². The van der Waals surface area contributed by atoms with E-state index in [1.165, 1.54) is 10.4 Å². The Morgan fingerprint density at radius 3 is 2.09 bits per heavy atom. The third kappa shape index (κ3) is 5.28. The topological polar surface area (TPSA) is 83.2 Å². The van der Waals surface area contributed by atoms with Crippen LogP contribution in [0.3, 0.4) is 0 Å². The number of oxime groups is 1. The minimum atomic E-state index is -2.57. The van der Waals surface area contributed by atoms with Crippen LogP contribution in [0.25, 0.3) is 0 Å². The van der Waals surface area contributed by atoms with Crippen molar-refractivity contribution >= 4 is 24.4 Å². The summed E-state index contributed by atoms with van der Waals surface area (Å²) < 4.78 is 6.93. The first-order valence-electron chi connectivity index (χ1n) is 11.3. The molecule has 3 rings (SSSR count). The van der Waals surface area contributed by atoms with Gasteiger partial charge in [0.15, 0.2) is 6.10 Å². The van der Waals surface area contributed by atoms with Crippen LogP contribution >= 0.6 is 0 Å². The van der Waals surface area contributed by atoms with Gasteiger partial charge in [-0.15, -0.1) is 10.1 Å². The number of hydrogen-bond donors (Lipinski definition) is 0. The SMILES string of the molecule is CC1(C)C(CCCO[Si](c2ccccc2)(c2ccccc2)C(C)(C)C)=NOC1CO[N+](=O)[O-]. The molecule has 1 heterocycles. The predicted octanol–water partition coefficient (Wildman–Crippen LogP) is 4.33. The summed E-state index contributed by atoms with van der Waals surface area (Å²) in [5, 5.41) is 16.4. The third-order valence-corrected chi connectivity index (χ3v) is 11.5. The van der Waals surface area contributed by atoms with Gasteiger partial charge in [0.25, 0.3) is 13.4 Å². The van der Waals surface area contributed by atoms with Gasteiger partial charge in [-0.05, 0) is 28.3 Å². The fourth-order valence-corrected chi connectivity index (χ4v) is 9.13. The molecule has 0 aromatic heterocycles. The van der Waals surface area contributed by atoms with Crippen molar-refractivity contribution < 1.29 is 19.2 Å². The maximum atomic E-state index is 10.5. The molecule has 0 saturated heterocycles. The monoisotopic (exact) mass is 470 g/mol. The second-order valence-corrected chi connectivity index (χ2v) is 14.3. The van der Waals surface area contributed by atoms with Crippen LogP contribution in [0.1, 0.15) is 47.5 Å². The Bertz CT molecular complexity index is 918. The molecule has 33 heavy (non-hydrogen) atoms. The Hall–Kier alpha value is -2.71. The van der Waals surface area contributed by atoms with Gasteiger partial charge in [-0.3, -0.25) is 0 Å². The van der Waals surface area contributed by atoms with Crippen molar-refractivity contribution in [2.75, 3.05) is 13.2 Å². The zero-order valence-corrected chi connectivity index (χ0v) is 21.1. The summed E-state index contributed by atoms with van der Waals surface area (Å²) in [6.45, 7) is 11.2. The van der Waals surface area contributed by atoms with E-state index in [0.717, 1.165) is 12.1 Å². The van der Waals surface area contributed by atoms with Crippen molar-refractivity contribution in [2.24, 2.45) is 10.6 Å². The van der Waals surface area contributed by atoms with Crippen LogP contribution in [0, 0.1) is 15.5 Å². The Morgan fingerprint density at radius 2 is 1.61 bits per heavy atom. The van der Waals surface area contributed by atoms with E-state index in [0.29, 0.717) is 13.0 Å². The fraction of sp³-hybridized carbons (Fsp3) is 0.480. The number of nitrogens with zero attached hydrogens (tertiary/aromatic N) is 2. The van der Waals surface area contributed by atoms with Gasteiger partial charge in [0.1, 0.15) is 6.61 Å². The second kappa shape index (κ2) is 10.1. The average molecular weight is 471 g/mol. The smallest absolute Gasteiger partial charge is 0.294 e. The molecule has 178 valence electrons. The molecule has 2 aromatic rings. The lowest BCUT2D eigenvalue weighted by atomic mass is 9.80. The van der Waals surface area contributed by atoms with Gasteiger partial charge in [0, 0.05) is 12.0 Å². The summed E-state index contributed by atoms with van der Waals surface area (Å²) in [6, 6.07) is 21.1. The minimum absolute atomic E-state index is 0.0755.